The highest BCUT2D eigenvalue weighted by Gasteiger charge is 2.31. The number of hydrogen-bond acceptors (Lipinski definition) is 3. The second-order valence-electron chi connectivity index (χ2n) is 4.26. The molecule has 1 heterocycles. The molecule has 3 nitrogen and oxygen atoms in total. The molecule has 0 unspecified atom stereocenters. The third-order valence-corrected chi connectivity index (χ3v) is 2.86. The zero-order valence-electron chi connectivity index (χ0n) is 10.7. The van der Waals surface area contributed by atoms with Crippen molar-refractivity contribution >= 4 is 11.5 Å². The van der Waals surface area contributed by atoms with Gasteiger partial charge in [-0.05, 0) is 36.2 Å². The van der Waals surface area contributed by atoms with Gasteiger partial charge in [-0.25, -0.2) is 0 Å². The van der Waals surface area contributed by atoms with E-state index in [1.54, 1.807) is 0 Å². The number of alkyl halides is 3. The fourth-order valence-corrected chi connectivity index (χ4v) is 1.85. The van der Waals surface area contributed by atoms with E-state index < -0.39 is 6.36 Å². The predicted octanol–water partition coefficient (Wildman–Crippen LogP) is 3.64. The molecule has 1 aliphatic heterocycles. The lowest BCUT2D eigenvalue weighted by molar-refractivity contribution is -0.274. The van der Waals surface area contributed by atoms with Crippen molar-refractivity contribution in [3.05, 3.63) is 41.6 Å². The average Bonchev–Trinajstić information content (AvgIpc) is 2.37. The zero-order valence-corrected chi connectivity index (χ0v) is 10.7. The van der Waals surface area contributed by atoms with Crippen LogP contribution in [0.15, 0.2) is 41.0 Å². The lowest BCUT2D eigenvalue weighted by Gasteiger charge is -2.13. The first-order valence-electron chi connectivity index (χ1n) is 6.04. The van der Waals surface area contributed by atoms with Gasteiger partial charge in [0.2, 0.25) is 0 Å². The molecule has 0 radical (unpaired) electrons. The highest BCUT2D eigenvalue weighted by molar-refractivity contribution is 6.17. The summed E-state index contributed by atoms with van der Waals surface area (Å²) in [5.41, 5.74) is 1.82. The van der Waals surface area contributed by atoms with Crippen LogP contribution >= 0.6 is 0 Å². The van der Waals surface area contributed by atoms with Gasteiger partial charge in [-0.2, -0.15) is 0 Å². The number of nitrogens with zero attached hydrogens (tertiary/aromatic N) is 1. The summed E-state index contributed by atoms with van der Waals surface area (Å²) in [6, 6.07) is 5.32. The van der Waals surface area contributed by atoms with Gasteiger partial charge in [0.25, 0.3) is 0 Å². The first-order chi connectivity index (χ1) is 9.39. The maximum absolute atomic E-state index is 12.0. The monoisotopic (exact) mass is 283 g/mol. The summed E-state index contributed by atoms with van der Waals surface area (Å²) >= 11 is 0. The van der Waals surface area contributed by atoms with Gasteiger partial charge in [-0.3, -0.25) is 9.79 Å². The van der Waals surface area contributed by atoms with Crippen molar-refractivity contribution in [3.8, 4) is 5.75 Å². The summed E-state index contributed by atoms with van der Waals surface area (Å²) in [7, 11) is 0. The number of ketones is 1. The van der Waals surface area contributed by atoms with Gasteiger partial charge in [-0.1, -0.05) is 6.92 Å². The third kappa shape index (κ3) is 3.46. The fraction of sp³-hybridized carbons (Fsp3) is 0.286. The first kappa shape index (κ1) is 14.3. The number of benzene rings is 1. The van der Waals surface area contributed by atoms with Crippen molar-refractivity contribution in [1.82, 2.24) is 0 Å². The maximum Gasteiger partial charge on any atom is 0.573 e. The molecule has 0 atom stereocenters. The van der Waals surface area contributed by atoms with Crippen molar-refractivity contribution in [2.24, 2.45) is 4.99 Å². The molecular formula is C14H12F3NO2. The van der Waals surface area contributed by atoms with Crippen molar-refractivity contribution in [3.63, 3.8) is 0 Å². The van der Waals surface area contributed by atoms with Crippen LogP contribution in [0, 0.1) is 0 Å². The van der Waals surface area contributed by atoms with E-state index in [1.165, 1.54) is 30.5 Å². The molecule has 0 aromatic heterocycles. The summed E-state index contributed by atoms with van der Waals surface area (Å²) < 4.78 is 39.9. The van der Waals surface area contributed by atoms with Crippen LogP contribution in [-0.2, 0) is 4.79 Å². The number of rotatable bonds is 3. The van der Waals surface area contributed by atoms with Crippen LogP contribution < -0.4 is 4.74 Å². The van der Waals surface area contributed by atoms with E-state index in [2.05, 4.69) is 9.73 Å². The molecular weight excluding hydrogens is 271 g/mol. The minimum Gasteiger partial charge on any atom is -0.406 e. The number of halogens is 3. The van der Waals surface area contributed by atoms with Gasteiger partial charge in [0.05, 0.1) is 12.1 Å². The minimum absolute atomic E-state index is 0.00637. The Morgan fingerprint density at radius 1 is 1.25 bits per heavy atom. The predicted molar refractivity (Wildman–Crippen MR) is 67.7 cm³/mol. The fourth-order valence-electron chi connectivity index (χ4n) is 1.85. The molecule has 0 aliphatic carbocycles. The third-order valence-electron chi connectivity index (χ3n) is 2.86. The smallest absolute Gasteiger partial charge is 0.406 e. The molecule has 20 heavy (non-hydrogen) atoms. The van der Waals surface area contributed by atoms with Gasteiger partial charge < -0.3 is 4.74 Å². The Labute approximate surface area is 113 Å². The lowest BCUT2D eigenvalue weighted by atomic mass is 9.98. The normalized spacial score (nSPS) is 15.7. The van der Waals surface area contributed by atoms with E-state index in [0.29, 0.717) is 23.3 Å². The summed E-state index contributed by atoms with van der Waals surface area (Å²) in [4.78, 5) is 15.9. The topological polar surface area (TPSA) is 38.7 Å². The maximum atomic E-state index is 12.0. The quantitative estimate of drug-likeness (QED) is 0.849. The summed E-state index contributed by atoms with van der Waals surface area (Å²) in [5, 5.41) is 0. The van der Waals surface area contributed by atoms with E-state index in [4.69, 9.17) is 0 Å². The zero-order chi connectivity index (χ0) is 14.8. The van der Waals surface area contributed by atoms with Crippen LogP contribution in [0.2, 0.25) is 0 Å². The van der Waals surface area contributed by atoms with Crippen molar-refractivity contribution < 1.29 is 22.7 Å². The Bertz CT molecular complexity index is 571. The number of Topliss-reactive ketones (excluding diaryl/α,β-unsaturated/α-hetero) is 1. The summed E-state index contributed by atoms with van der Waals surface area (Å²) in [6.07, 6.45) is -2.41. The molecule has 1 aromatic carbocycles. The summed E-state index contributed by atoms with van der Waals surface area (Å²) in [5.74, 6) is -0.304. The Kier molecular flexibility index (Phi) is 3.92. The van der Waals surface area contributed by atoms with Crippen LogP contribution in [-0.4, -0.2) is 17.9 Å². The second-order valence-corrected chi connectivity index (χ2v) is 4.26. The van der Waals surface area contributed by atoms with E-state index in [0.717, 1.165) is 0 Å². The molecule has 1 aromatic rings. The highest BCUT2D eigenvalue weighted by Crippen LogP contribution is 2.24. The number of ether oxygens (including phenoxy) is 1. The van der Waals surface area contributed by atoms with Crippen molar-refractivity contribution in [2.45, 2.75) is 26.1 Å². The van der Waals surface area contributed by atoms with Crippen molar-refractivity contribution in [1.29, 1.82) is 0 Å². The minimum atomic E-state index is -4.71. The molecule has 2 rings (SSSR count). The van der Waals surface area contributed by atoms with Gasteiger partial charge in [-0.15, -0.1) is 13.2 Å². The molecule has 0 amide bonds. The standard InChI is InChI=1S/C14H12F3NO2/c1-2-9-8-18-12(7-13(9)19)10-3-5-11(6-4-10)20-14(15,16)17/h3-6,8H,2,7H2,1H3. The number of carbonyl (C=O) groups excluding carboxylic acids is 1. The van der Waals surface area contributed by atoms with E-state index in [9.17, 15) is 18.0 Å². The molecule has 0 spiro atoms. The number of hydrogen-bond donors (Lipinski definition) is 0. The van der Waals surface area contributed by atoms with Gasteiger partial charge in [0.1, 0.15) is 5.75 Å². The van der Waals surface area contributed by atoms with Crippen LogP contribution in [0.1, 0.15) is 25.3 Å². The largest absolute Gasteiger partial charge is 0.573 e. The number of carbonyl (C=O) groups is 1. The SMILES string of the molecule is CCC1=CN=C(c2ccc(OC(F)(F)F)cc2)CC1=O. The molecule has 0 saturated carbocycles. The number of allylic oxidation sites excluding steroid dienone is 1. The summed E-state index contributed by atoms with van der Waals surface area (Å²) in [6.45, 7) is 1.87. The van der Waals surface area contributed by atoms with Crippen LogP contribution in [0.4, 0.5) is 13.2 Å². The van der Waals surface area contributed by atoms with Gasteiger partial charge in [0.15, 0.2) is 5.78 Å². The Morgan fingerprint density at radius 3 is 2.40 bits per heavy atom. The van der Waals surface area contributed by atoms with E-state index in [1.807, 2.05) is 6.92 Å². The first-order valence-corrected chi connectivity index (χ1v) is 6.04. The molecule has 0 bridgehead atoms. The molecule has 0 fully saturated rings. The highest BCUT2D eigenvalue weighted by atomic mass is 19.4. The Hall–Kier alpha value is -2.11. The van der Waals surface area contributed by atoms with Crippen LogP contribution in [0.5, 0.6) is 5.75 Å². The molecule has 106 valence electrons. The van der Waals surface area contributed by atoms with Gasteiger partial charge in [0, 0.05) is 11.8 Å². The molecule has 1 aliphatic rings. The van der Waals surface area contributed by atoms with E-state index >= 15 is 0 Å². The lowest BCUT2D eigenvalue weighted by Crippen LogP contribution is -2.17. The van der Waals surface area contributed by atoms with E-state index in [-0.39, 0.29) is 18.0 Å². The Balaban J connectivity index is 2.17. The average molecular weight is 283 g/mol. The molecule has 0 N–H and O–H groups in total. The van der Waals surface area contributed by atoms with Crippen LogP contribution in [0.25, 0.3) is 0 Å². The second kappa shape index (κ2) is 5.48. The van der Waals surface area contributed by atoms with Gasteiger partial charge >= 0.3 is 6.36 Å². The van der Waals surface area contributed by atoms with Crippen molar-refractivity contribution in [2.75, 3.05) is 0 Å². The molecule has 6 heteroatoms. The number of aliphatic imine (C=N–C) groups is 1. The van der Waals surface area contributed by atoms with Crippen LogP contribution in [0.3, 0.4) is 0 Å². The molecule has 0 saturated heterocycles. The Morgan fingerprint density at radius 2 is 1.90 bits per heavy atom.